The lowest BCUT2D eigenvalue weighted by molar-refractivity contribution is 0.302. The summed E-state index contributed by atoms with van der Waals surface area (Å²) in [5.41, 5.74) is 1.41. The Morgan fingerprint density at radius 2 is 2.00 bits per heavy atom. The van der Waals surface area contributed by atoms with Crippen molar-refractivity contribution >= 4 is 0 Å². The van der Waals surface area contributed by atoms with Gasteiger partial charge in [0.25, 0.3) is 0 Å². The molecule has 0 N–H and O–H groups in total. The first kappa shape index (κ1) is 13.8. The number of hydrogen-bond donors (Lipinski definition) is 0. The summed E-state index contributed by atoms with van der Waals surface area (Å²) >= 11 is 0. The predicted molar refractivity (Wildman–Crippen MR) is 79.3 cm³/mol. The SMILES string of the molecule is Cc1nccn1CCN(C)CC(C)c1ccccc1. The number of imidazole rings is 1. The smallest absolute Gasteiger partial charge is 0.105 e. The van der Waals surface area contributed by atoms with E-state index in [1.54, 1.807) is 0 Å². The second-order valence-corrected chi connectivity index (χ2v) is 5.24. The van der Waals surface area contributed by atoms with Crippen molar-refractivity contribution in [2.45, 2.75) is 26.3 Å². The zero-order valence-corrected chi connectivity index (χ0v) is 12.1. The monoisotopic (exact) mass is 257 g/mol. The van der Waals surface area contributed by atoms with E-state index in [2.05, 4.69) is 58.8 Å². The van der Waals surface area contributed by atoms with Crippen molar-refractivity contribution in [3.8, 4) is 0 Å². The summed E-state index contributed by atoms with van der Waals surface area (Å²) < 4.78 is 2.20. The molecule has 0 radical (unpaired) electrons. The lowest BCUT2D eigenvalue weighted by atomic mass is 10.0. The molecule has 1 aromatic carbocycles. The predicted octanol–water partition coefficient (Wildman–Crippen LogP) is 2.93. The molecule has 2 aromatic rings. The van der Waals surface area contributed by atoms with Gasteiger partial charge in [-0.05, 0) is 25.5 Å². The van der Waals surface area contributed by atoms with Crippen LogP contribution in [-0.2, 0) is 6.54 Å². The van der Waals surface area contributed by atoms with Crippen molar-refractivity contribution in [3.05, 3.63) is 54.1 Å². The van der Waals surface area contributed by atoms with E-state index in [9.17, 15) is 0 Å². The van der Waals surface area contributed by atoms with Crippen LogP contribution in [0.5, 0.6) is 0 Å². The molecular weight excluding hydrogens is 234 g/mol. The maximum atomic E-state index is 4.25. The van der Waals surface area contributed by atoms with Crippen molar-refractivity contribution in [2.75, 3.05) is 20.1 Å². The number of nitrogens with zero attached hydrogens (tertiary/aromatic N) is 3. The summed E-state index contributed by atoms with van der Waals surface area (Å²) in [5, 5.41) is 0. The van der Waals surface area contributed by atoms with E-state index in [0.29, 0.717) is 5.92 Å². The Morgan fingerprint density at radius 3 is 2.63 bits per heavy atom. The minimum absolute atomic E-state index is 0.565. The van der Waals surface area contributed by atoms with Crippen LogP contribution in [0.2, 0.25) is 0 Å². The van der Waals surface area contributed by atoms with Crippen LogP contribution in [0.15, 0.2) is 42.7 Å². The molecule has 0 fully saturated rings. The van der Waals surface area contributed by atoms with Gasteiger partial charge in [0.15, 0.2) is 0 Å². The molecule has 0 aliphatic rings. The molecule has 1 atom stereocenters. The lowest BCUT2D eigenvalue weighted by Gasteiger charge is -2.22. The highest BCUT2D eigenvalue weighted by Crippen LogP contribution is 2.15. The number of aromatic nitrogens is 2. The van der Waals surface area contributed by atoms with E-state index in [-0.39, 0.29) is 0 Å². The van der Waals surface area contributed by atoms with Crippen molar-refractivity contribution in [1.29, 1.82) is 0 Å². The van der Waals surface area contributed by atoms with Crippen molar-refractivity contribution in [1.82, 2.24) is 14.5 Å². The Balaban J connectivity index is 1.81. The quantitative estimate of drug-likeness (QED) is 0.793. The summed E-state index contributed by atoms with van der Waals surface area (Å²) in [7, 11) is 2.19. The molecule has 0 bridgehead atoms. The van der Waals surface area contributed by atoms with Crippen molar-refractivity contribution in [3.63, 3.8) is 0 Å². The van der Waals surface area contributed by atoms with Gasteiger partial charge in [-0.15, -0.1) is 0 Å². The zero-order chi connectivity index (χ0) is 13.7. The first-order valence-electron chi connectivity index (χ1n) is 6.88. The highest BCUT2D eigenvalue weighted by atomic mass is 15.1. The minimum Gasteiger partial charge on any atom is -0.334 e. The van der Waals surface area contributed by atoms with E-state index in [4.69, 9.17) is 0 Å². The molecule has 1 unspecified atom stereocenters. The fraction of sp³-hybridized carbons (Fsp3) is 0.438. The Morgan fingerprint density at radius 1 is 1.26 bits per heavy atom. The second-order valence-electron chi connectivity index (χ2n) is 5.24. The van der Waals surface area contributed by atoms with Gasteiger partial charge in [0, 0.05) is 32.0 Å². The zero-order valence-electron chi connectivity index (χ0n) is 12.1. The number of hydrogen-bond acceptors (Lipinski definition) is 2. The summed E-state index contributed by atoms with van der Waals surface area (Å²) in [6, 6.07) is 10.7. The van der Waals surface area contributed by atoms with Gasteiger partial charge >= 0.3 is 0 Å². The molecule has 0 saturated heterocycles. The molecule has 2 rings (SSSR count). The molecule has 102 valence electrons. The molecule has 1 aromatic heterocycles. The summed E-state index contributed by atoms with van der Waals surface area (Å²) in [6.07, 6.45) is 3.91. The van der Waals surface area contributed by atoms with Gasteiger partial charge in [0.05, 0.1) is 0 Å². The van der Waals surface area contributed by atoms with Gasteiger partial charge in [-0.3, -0.25) is 0 Å². The second kappa shape index (κ2) is 6.53. The maximum Gasteiger partial charge on any atom is 0.105 e. The molecule has 19 heavy (non-hydrogen) atoms. The fourth-order valence-corrected chi connectivity index (χ4v) is 2.36. The molecule has 0 aliphatic carbocycles. The van der Waals surface area contributed by atoms with Crippen LogP contribution in [-0.4, -0.2) is 34.6 Å². The van der Waals surface area contributed by atoms with Gasteiger partial charge in [0.2, 0.25) is 0 Å². The first-order chi connectivity index (χ1) is 9.16. The van der Waals surface area contributed by atoms with Crippen molar-refractivity contribution in [2.24, 2.45) is 0 Å². The highest BCUT2D eigenvalue weighted by molar-refractivity contribution is 5.18. The topological polar surface area (TPSA) is 21.1 Å². The van der Waals surface area contributed by atoms with Crippen LogP contribution in [0.1, 0.15) is 24.2 Å². The van der Waals surface area contributed by atoms with Gasteiger partial charge in [0.1, 0.15) is 5.82 Å². The van der Waals surface area contributed by atoms with E-state index >= 15 is 0 Å². The van der Waals surface area contributed by atoms with E-state index in [0.717, 1.165) is 25.5 Å². The van der Waals surface area contributed by atoms with Crippen molar-refractivity contribution < 1.29 is 0 Å². The van der Waals surface area contributed by atoms with Crippen LogP contribution in [0.4, 0.5) is 0 Å². The number of aryl methyl sites for hydroxylation is 1. The Labute approximate surface area is 115 Å². The summed E-state index contributed by atoms with van der Waals surface area (Å²) in [5.74, 6) is 1.65. The number of likely N-dealkylation sites (N-methyl/N-ethyl adjacent to an activating group) is 1. The first-order valence-corrected chi connectivity index (χ1v) is 6.88. The third-order valence-corrected chi connectivity index (χ3v) is 3.60. The average Bonchev–Trinajstić information content (AvgIpc) is 2.83. The molecule has 0 spiro atoms. The van der Waals surface area contributed by atoms with Crippen LogP contribution in [0, 0.1) is 6.92 Å². The third kappa shape index (κ3) is 3.93. The molecule has 1 heterocycles. The molecule has 0 aliphatic heterocycles. The summed E-state index contributed by atoms with van der Waals surface area (Å²) in [6.45, 7) is 7.47. The molecular formula is C16H23N3. The highest BCUT2D eigenvalue weighted by Gasteiger charge is 2.08. The van der Waals surface area contributed by atoms with Gasteiger partial charge < -0.3 is 9.47 Å². The largest absolute Gasteiger partial charge is 0.334 e. The number of rotatable bonds is 6. The van der Waals surface area contributed by atoms with Crippen LogP contribution < -0.4 is 0 Å². The van der Waals surface area contributed by atoms with Gasteiger partial charge in [-0.2, -0.15) is 0 Å². The molecule has 3 heteroatoms. The van der Waals surface area contributed by atoms with Crippen LogP contribution in [0.3, 0.4) is 0 Å². The van der Waals surface area contributed by atoms with Gasteiger partial charge in [-0.1, -0.05) is 37.3 Å². The Hall–Kier alpha value is -1.61. The maximum absolute atomic E-state index is 4.25. The minimum atomic E-state index is 0.565. The fourth-order valence-electron chi connectivity index (χ4n) is 2.36. The summed E-state index contributed by atoms with van der Waals surface area (Å²) in [4.78, 5) is 6.63. The normalized spacial score (nSPS) is 12.8. The molecule has 3 nitrogen and oxygen atoms in total. The Bertz CT molecular complexity index is 490. The standard InChI is InChI=1S/C16H23N3/c1-14(16-7-5-4-6-8-16)13-18(3)11-12-19-10-9-17-15(19)2/h4-10,14H,11-13H2,1-3H3. The Kier molecular flexibility index (Phi) is 4.74. The van der Waals surface area contributed by atoms with E-state index < -0.39 is 0 Å². The van der Waals surface area contributed by atoms with Crippen LogP contribution in [0.25, 0.3) is 0 Å². The van der Waals surface area contributed by atoms with Gasteiger partial charge in [-0.25, -0.2) is 4.98 Å². The lowest BCUT2D eigenvalue weighted by Crippen LogP contribution is -2.27. The average molecular weight is 257 g/mol. The van der Waals surface area contributed by atoms with Crippen LogP contribution >= 0.6 is 0 Å². The van der Waals surface area contributed by atoms with E-state index in [1.807, 2.05) is 19.3 Å². The molecule has 0 saturated carbocycles. The third-order valence-electron chi connectivity index (χ3n) is 3.60. The molecule has 0 amide bonds. The number of benzene rings is 1. The van der Waals surface area contributed by atoms with E-state index in [1.165, 1.54) is 5.56 Å².